The van der Waals surface area contributed by atoms with Gasteiger partial charge in [-0.05, 0) is 18.6 Å². The fourth-order valence-corrected chi connectivity index (χ4v) is 2.73. The van der Waals surface area contributed by atoms with Crippen molar-refractivity contribution < 1.29 is 14.5 Å². The highest BCUT2D eigenvalue weighted by Crippen LogP contribution is 2.29. The average Bonchev–Trinajstić information content (AvgIpc) is 2.85. The predicted octanol–water partition coefficient (Wildman–Crippen LogP) is 3.05. The number of halogens is 1. The van der Waals surface area contributed by atoms with Crippen molar-refractivity contribution in [3.63, 3.8) is 0 Å². The number of nitrogens with one attached hydrogen (secondary N) is 1. The SMILES string of the molecule is C[C@@]1(c2ccccc2)NC(=O)N(/N=C\c2cc([N+](=O)[O-])ccc2Cl)C1=O. The second-order valence-electron chi connectivity index (χ2n) is 5.75. The lowest BCUT2D eigenvalue weighted by molar-refractivity contribution is -0.384. The molecule has 132 valence electrons. The molecule has 3 rings (SSSR count). The molecule has 1 fully saturated rings. The predicted molar refractivity (Wildman–Crippen MR) is 94.9 cm³/mol. The molecule has 0 radical (unpaired) electrons. The van der Waals surface area contributed by atoms with Gasteiger partial charge in [-0.3, -0.25) is 14.9 Å². The van der Waals surface area contributed by atoms with Crippen LogP contribution in [0.4, 0.5) is 10.5 Å². The van der Waals surface area contributed by atoms with Gasteiger partial charge in [0.05, 0.1) is 11.1 Å². The van der Waals surface area contributed by atoms with E-state index in [4.69, 9.17) is 11.6 Å². The summed E-state index contributed by atoms with van der Waals surface area (Å²) in [7, 11) is 0. The second-order valence-corrected chi connectivity index (χ2v) is 6.15. The van der Waals surface area contributed by atoms with Gasteiger partial charge in [-0.1, -0.05) is 41.9 Å². The Bertz CT molecular complexity index is 932. The van der Waals surface area contributed by atoms with Crippen LogP contribution in [0.5, 0.6) is 0 Å². The van der Waals surface area contributed by atoms with Gasteiger partial charge in [-0.25, -0.2) is 4.79 Å². The van der Waals surface area contributed by atoms with Crippen LogP contribution < -0.4 is 5.32 Å². The van der Waals surface area contributed by atoms with E-state index in [2.05, 4.69) is 10.4 Å². The molecule has 0 spiro atoms. The Balaban J connectivity index is 1.90. The van der Waals surface area contributed by atoms with Gasteiger partial charge in [0.15, 0.2) is 0 Å². The van der Waals surface area contributed by atoms with Crippen molar-refractivity contribution in [3.8, 4) is 0 Å². The normalized spacial score (nSPS) is 19.8. The summed E-state index contributed by atoms with van der Waals surface area (Å²) in [5, 5.41) is 18.2. The third kappa shape index (κ3) is 3.02. The first kappa shape index (κ1) is 17.6. The smallest absolute Gasteiger partial charge is 0.318 e. The summed E-state index contributed by atoms with van der Waals surface area (Å²) in [5.41, 5.74) is -0.594. The van der Waals surface area contributed by atoms with E-state index in [1.54, 1.807) is 37.3 Å². The van der Waals surface area contributed by atoms with Crippen LogP contribution in [-0.2, 0) is 10.3 Å². The minimum Gasteiger partial charge on any atom is -0.318 e. The number of imide groups is 1. The number of nitrogens with zero attached hydrogens (tertiary/aromatic N) is 3. The maximum absolute atomic E-state index is 12.7. The van der Waals surface area contributed by atoms with Crippen LogP contribution in [-0.4, -0.2) is 28.1 Å². The number of urea groups is 1. The maximum Gasteiger partial charge on any atom is 0.346 e. The zero-order valence-corrected chi connectivity index (χ0v) is 14.3. The van der Waals surface area contributed by atoms with E-state index < -0.39 is 22.4 Å². The number of carbonyl (C=O) groups excluding carboxylic acids is 2. The molecule has 0 unspecified atom stereocenters. The molecule has 1 saturated heterocycles. The molecule has 0 aliphatic carbocycles. The largest absolute Gasteiger partial charge is 0.346 e. The quantitative estimate of drug-likeness (QED) is 0.385. The second kappa shape index (κ2) is 6.57. The van der Waals surface area contributed by atoms with Crippen molar-refractivity contribution in [1.82, 2.24) is 10.3 Å². The molecule has 0 bridgehead atoms. The number of hydrogen-bond acceptors (Lipinski definition) is 5. The summed E-state index contributed by atoms with van der Waals surface area (Å²) in [6.45, 7) is 1.58. The number of nitro benzene ring substituents is 1. The number of rotatable bonds is 4. The number of hydrogen-bond donors (Lipinski definition) is 1. The Morgan fingerprint density at radius 1 is 1.23 bits per heavy atom. The number of benzene rings is 2. The van der Waals surface area contributed by atoms with Gasteiger partial charge in [0.1, 0.15) is 5.54 Å². The minimum absolute atomic E-state index is 0.179. The molecule has 8 nitrogen and oxygen atoms in total. The third-order valence-corrected chi connectivity index (χ3v) is 4.37. The maximum atomic E-state index is 12.7. The topological polar surface area (TPSA) is 105 Å². The molecular weight excluding hydrogens is 360 g/mol. The van der Waals surface area contributed by atoms with E-state index in [1.807, 2.05) is 0 Å². The summed E-state index contributed by atoms with van der Waals surface area (Å²) < 4.78 is 0. The first-order valence-electron chi connectivity index (χ1n) is 7.53. The summed E-state index contributed by atoms with van der Waals surface area (Å²) in [5.74, 6) is -0.563. The molecular formula is C17H13ClN4O4. The van der Waals surface area contributed by atoms with Gasteiger partial charge in [0, 0.05) is 22.7 Å². The molecule has 1 heterocycles. The van der Waals surface area contributed by atoms with Crippen molar-refractivity contribution in [2.45, 2.75) is 12.5 Å². The van der Waals surface area contributed by atoms with E-state index >= 15 is 0 Å². The van der Waals surface area contributed by atoms with Crippen LogP contribution in [0, 0.1) is 10.1 Å². The Kier molecular flexibility index (Phi) is 4.43. The third-order valence-electron chi connectivity index (χ3n) is 4.02. The van der Waals surface area contributed by atoms with Gasteiger partial charge in [0.25, 0.3) is 11.6 Å². The zero-order valence-electron chi connectivity index (χ0n) is 13.5. The van der Waals surface area contributed by atoms with Crippen molar-refractivity contribution in [1.29, 1.82) is 0 Å². The van der Waals surface area contributed by atoms with Gasteiger partial charge < -0.3 is 5.32 Å². The molecule has 1 N–H and O–H groups in total. The van der Waals surface area contributed by atoms with Crippen LogP contribution in [0.2, 0.25) is 5.02 Å². The number of amides is 3. The minimum atomic E-state index is -1.25. The number of non-ortho nitro benzene ring substituents is 1. The van der Waals surface area contributed by atoms with E-state index in [0.717, 1.165) is 6.21 Å². The van der Waals surface area contributed by atoms with Gasteiger partial charge in [0.2, 0.25) is 0 Å². The zero-order chi connectivity index (χ0) is 18.9. The molecule has 0 saturated carbocycles. The Morgan fingerprint density at radius 3 is 2.58 bits per heavy atom. The van der Waals surface area contributed by atoms with Crippen LogP contribution in [0.15, 0.2) is 53.6 Å². The first-order valence-corrected chi connectivity index (χ1v) is 7.91. The highest BCUT2D eigenvalue weighted by Gasteiger charge is 2.49. The lowest BCUT2D eigenvalue weighted by Gasteiger charge is -2.20. The van der Waals surface area contributed by atoms with Crippen molar-refractivity contribution >= 4 is 35.4 Å². The highest BCUT2D eigenvalue weighted by molar-refractivity contribution is 6.33. The molecule has 2 aromatic carbocycles. The Labute approximate surface area is 153 Å². The molecule has 9 heteroatoms. The number of hydrazone groups is 1. The lowest BCUT2D eigenvalue weighted by atomic mass is 9.92. The van der Waals surface area contributed by atoms with Crippen molar-refractivity contribution in [2.75, 3.05) is 0 Å². The highest BCUT2D eigenvalue weighted by atomic mass is 35.5. The van der Waals surface area contributed by atoms with Crippen LogP contribution in [0.3, 0.4) is 0 Å². The van der Waals surface area contributed by atoms with Gasteiger partial charge >= 0.3 is 6.03 Å². The standard InChI is InChI=1S/C17H13ClN4O4/c1-17(12-5-3-2-4-6-12)15(23)21(16(24)20-17)19-10-11-9-13(22(25)26)7-8-14(11)18/h2-10H,1H3,(H,20,24)/b19-10-/t17-/m0/s1. The van der Waals surface area contributed by atoms with Crippen LogP contribution in [0.1, 0.15) is 18.1 Å². The van der Waals surface area contributed by atoms with Crippen LogP contribution in [0.25, 0.3) is 0 Å². The summed E-state index contributed by atoms with van der Waals surface area (Å²) in [6.07, 6.45) is 1.14. The molecule has 0 aromatic heterocycles. The van der Waals surface area contributed by atoms with E-state index in [1.165, 1.54) is 18.2 Å². The first-order chi connectivity index (χ1) is 12.3. The molecule has 26 heavy (non-hydrogen) atoms. The average molecular weight is 373 g/mol. The molecule has 3 amide bonds. The molecule has 1 aliphatic heterocycles. The summed E-state index contributed by atoms with van der Waals surface area (Å²) >= 11 is 5.99. The number of carbonyl (C=O) groups is 2. The Morgan fingerprint density at radius 2 is 1.92 bits per heavy atom. The monoisotopic (exact) mass is 372 g/mol. The fourth-order valence-electron chi connectivity index (χ4n) is 2.56. The summed E-state index contributed by atoms with van der Waals surface area (Å²) in [4.78, 5) is 35.2. The van der Waals surface area contributed by atoms with E-state index in [9.17, 15) is 19.7 Å². The number of nitro groups is 1. The lowest BCUT2D eigenvalue weighted by Crippen LogP contribution is -2.40. The van der Waals surface area contributed by atoms with Crippen molar-refractivity contribution in [2.24, 2.45) is 5.10 Å². The van der Waals surface area contributed by atoms with E-state index in [-0.39, 0.29) is 16.3 Å². The van der Waals surface area contributed by atoms with Crippen LogP contribution >= 0.6 is 11.6 Å². The molecule has 2 aromatic rings. The molecule has 1 atom stereocenters. The molecule has 1 aliphatic rings. The fraction of sp³-hybridized carbons (Fsp3) is 0.118. The van der Waals surface area contributed by atoms with E-state index in [0.29, 0.717) is 10.6 Å². The Hall–Kier alpha value is -3.26. The summed E-state index contributed by atoms with van der Waals surface area (Å²) in [6, 6.07) is 11.9. The van der Waals surface area contributed by atoms with Gasteiger partial charge in [-0.2, -0.15) is 5.10 Å². The van der Waals surface area contributed by atoms with Gasteiger partial charge in [-0.15, -0.1) is 5.01 Å². The van der Waals surface area contributed by atoms with Crippen molar-refractivity contribution in [3.05, 3.63) is 74.8 Å².